The zero-order valence-electron chi connectivity index (χ0n) is 15.3. The first-order valence-electron chi connectivity index (χ1n) is 9.22. The molecular weight excluding hydrogens is 256 g/mol. The van der Waals surface area contributed by atoms with Crippen molar-refractivity contribution in [1.82, 2.24) is 0 Å². The van der Waals surface area contributed by atoms with Crippen LogP contribution in [0.5, 0.6) is 0 Å². The van der Waals surface area contributed by atoms with Crippen LogP contribution < -0.4 is 0 Å². The zero-order chi connectivity index (χ0) is 16.1. The third kappa shape index (κ3) is 14.4. The van der Waals surface area contributed by atoms with Crippen LogP contribution in [0.15, 0.2) is 11.6 Å². The van der Waals surface area contributed by atoms with Gasteiger partial charge in [0.2, 0.25) is 0 Å². The van der Waals surface area contributed by atoms with Gasteiger partial charge in [0.25, 0.3) is 0 Å². The van der Waals surface area contributed by atoms with Crippen molar-refractivity contribution >= 4 is 0 Å². The maximum atomic E-state index is 8.83. The van der Waals surface area contributed by atoms with E-state index in [1.807, 2.05) is 6.08 Å². The summed E-state index contributed by atoms with van der Waals surface area (Å²) in [7, 11) is 0. The molecule has 0 bridgehead atoms. The molecule has 0 aliphatic rings. The predicted molar refractivity (Wildman–Crippen MR) is 95.6 cm³/mol. The van der Waals surface area contributed by atoms with Gasteiger partial charge in [-0.3, -0.25) is 0 Å². The van der Waals surface area contributed by atoms with Crippen LogP contribution in [0, 0.1) is 17.8 Å². The molecule has 0 aromatic carbocycles. The summed E-state index contributed by atoms with van der Waals surface area (Å²) in [6, 6.07) is 0. The summed E-state index contributed by atoms with van der Waals surface area (Å²) in [4.78, 5) is 0. The first-order chi connectivity index (χ1) is 9.95. The first kappa shape index (κ1) is 20.7. The van der Waals surface area contributed by atoms with E-state index in [4.69, 9.17) is 5.11 Å². The van der Waals surface area contributed by atoms with Gasteiger partial charge >= 0.3 is 0 Å². The minimum absolute atomic E-state index is 0.191. The van der Waals surface area contributed by atoms with Crippen molar-refractivity contribution in [3.8, 4) is 0 Å². The molecule has 0 aromatic rings. The molecule has 0 radical (unpaired) electrons. The maximum absolute atomic E-state index is 8.83. The molecule has 0 rings (SSSR count). The van der Waals surface area contributed by atoms with Gasteiger partial charge in [0.05, 0.1) is 6.61 Å². The Morgan fingerprint density at radius 2 is 1.29 bits per heavy atom. The van der Waals surface area contributed by atoms with Gasteiger partial charge in [-0.05, 0) is 37.5 Å². The number of allylic oxidation sites excluding steroid dienone is 1. The molecule has 0 saturated carbocycles. The van der Waals surface area contributed by atoms with E-state index in [-0.39, 0.29) is 6.61 Å². The van der Waals surface area contributed by atoms with E-state index in [1.165, 1.54) is 56.9 Å². The van der Waals surface area contributed by atoms with E-state index in [9.17, 15) is 0 Å². The quantitative estimate of drug-likeness (QED) is 0.392. The molecule has 2 atom stereocenters. The Bertz CT molecular complexity index is 255. The fourth-order valence-electron chi connectivity index (χ4n) is 2.97. The minimum Gasteiger partial charge on any atom is -0.392 e. The fourth-order valence-corrected chi connectivity index (χ4v) is 2.97. The average molecular weight is 297 g/mol. The van der Waals surface area contributed by atoms with Crippen molar-refractivity contribution < 1.29 is 5.11 Å². The second-order valence-electron chi connectivity index (χ2n) is 7.59. The number of aliphatic hydroxyl groups is 1. The Hall–Kier alpha value is -0.300. The second kappa shape index (κ2) is 13.4. The molecule has 0 aliphatic heterocycles. The van der Waals surface area contributed by atoms with Crippen LogP contribution in [0.4, 0.5) is 0 Å². The van der Waals surface area contributed by atoms with Crippen LogP contribution in [0.1, 0.15) is 92.4 Å². The zero-order valence-corrected chi connectivity index (χ0v) is 15.3. The summed E-state index contributed by atoms with van der Waals surface area (Å²) in [6.45, 7) is 11.8. The van der Waals surface area contributed by atoms with Gasteiger partial charge < -0.3 is 5.11 Å². The van der Waals surface area contributed by atoms with Crippen molar-refractivity contribution in [1.29, 1.82) is 0 Å². The van der Waals surface area contributed by atoms with Gasteiger partial charge in [0, 0.05) is 0 Å². The summed E-state index contributed by atoms with van der Waals surface area (Å²) < 4.78 is 0. The molecule has 0 amide bonds. The molecule has 0 aliphatic carbocycles. The predicted octanol–water partition coefficient (Wildman–Crippen LogP) is 6.36. The highest BCUT2D eigenvalue weighted by Gasteiger charge is 2.06. The molecule has 0 fully saturated rings. The lowest BCUT2D eigenvalue weighted by molar-refractivity contribution is 0.341. The van der Waals surface area contributed by atoms with Crippen molar-refractivity contribution in [2.75, 3.05) is 6.61 Å². The van der Waals surface area contributed by atoms with Gasteiger partial charge in [-0.15, -0.1) is 0 Å². The summed E-state index contributed by atoms with van der Waals surface area (Å²) in [6.07, 6.45) is 14.1. The highest BCUT2D eigenvalue weighted by Crippen LogP contribution is 2.21. The number of hydrogen-bond acceptors (Lipinski definition) is 1. The normalized spacial score (nSPS) is 15.5. The monoisotopic (exact) mass is 296 g/mol. The van der Waals surface area contributed by atoms with Crippen molar-refractivity contribution in [2.24, 2.45) is 17.8 Å². The molecule has 21 heavy (non-hydrogen) atoms. The molecule has 0 unspecified atom stereocenters. The van der Waals surface area contributed by atoms with Gasteiger partial charge in [-0.2, -0.15) is 0 Å². The third-order valence-electron chi connectivity index (χ3n) is 4.58. The van der Waals surface area contributed by atoms with Gasteiger partial charge in [0.15, 0.2) is 0 Å². The SMILES string of the molecule is C/C(=C/CO)CCC[C@@H](C)CCC[C@H](C)CCCC(C)C. The van der Waals surface area contributed by atoms with Crippen LogP contribution in [0.25, 0.3) is 0 Å². The molecule has 1 heteroatoms. The van der Waals surface area contributed by atoms with Crippen molar-refractivity contribution in [2.45, 2.75) is 92.4 Å². The topological polar surface area (TPSA) is 20.2 Å². The fraction of sp³-hybridized carbons (Fsp3) is 0.900. The van der Waals surface area contributed by atoms with E-state index < -0.39 is 0 Å². The standard InChI is InChI=1S/C20H40O/c1-17(2)9-6-10-18(3)11-7-12-19(4)13-8-14-20(5)15-16-21/h15,17-19,21H,6-14,16H2,1-5H3/b20-15-/t18-,19+/m1/s1. The van der Waals surface area contributed by atoms with Crippen LogP contribution in [0.2, 0.25) is 0 Å². The Balaban J connectivity index is 3.52. The molecule has 1 nitrogen and oxygen atoms in total. The number of hydrogen-bond donors (Lipinski definition) is 1. The average Bonchev–Trinajstić information content (AvgIpc) is 2.38. The smallest absolute Gasteiger partial charge is 0.0614 e. The number of rotatable bonds is 13. The summed E-state index contributed by atoms with van der Waals surface area (Å²) >= 11 is 0. The minimum atomic E-state index is 0.191. The van der Waals surface area contributed by atoms with Gasteiger partial charge in [-0.25, -0.2) is 0 Å². The molecule has 1 N–H and O–H groups in total. The molecule has 0 heterocycles. The maximum Gasteiger partial charge on any atom is 0.0614 e. The lowest BCUT2D eigenvalue weighted by atomic mass is 9.91. The van der Waals surface area contributed by atoms with Crippen molar-refractivity contribution in [3.63, 3.8) is 0 Å². The highest BCUT2D eigenvalue weighted by molar-refractivity contribution is 4.97. The molecule has 126 valence electrons. The van der Waals surface area contributed by atoms with Crippen molar-refractivity contribution in [3.05, 3.63) is 11.6 Å². The van der Waals surface area contributed by atoms with Gasteiger partial charge in [0.1, 0.15) is 0 Å². The molecular formula is C20H40O. The van der Waals surface area contributed by atoms with Crippen LogP contribution in [-0.4, -0.2) is 11.7 Å². The lowest BCUT2D eigenvalue weighted by Crippen LogP contribution is -2.00. The molecule has 0 saturated heterocycles. The van der Waals surface area contributed by atoms with Crippen LogP contribution in [0.3, 0.4) is 0 Å². The lowest BCUT2D eigenvalue weighted by Gasteiger charge is -2.15. The highest BCUT2D eigenvalue weighted by atomic mass is 16.2. The van der Waals surface area contributed by atoms with Crippen LogP contribution in [-0.2, 0) is 0 Å². The Morgan fingerprint density at radius 1 is 0.810 bits per heavy atom. The Morgan fingerprint density at radius 3 is 1.76 bits per heavy atom. The van der Waals surface area contributed by atoms with E-state index in [0.717, 1.165) is 24.2 Å². The third-order valence-corrected chi connectivity index (χ3v) is 4.58. The van der Waals surface area contributed by atoms with Crippen LogP contribution >= 0.6 is 0 Å². The molecule has 0 aromatic heterocycles. The largest absolute Gasteiger partial charge is 0.392 e. The summed E-state index contributed by atoms with van der Waals surface area (Å²) in [5, 5.41) is 8.83. The second-order valence-corrected chi connectivity index (χ2v) is 7.59. The Labute approximate surface area is 134 Å². The first-order valence-corrected chi connectivity index (χ1v) is 9.22. The number of aliphatic hydroxyl groups excluding tert-OH is 1. The molecule has 0 spiro atoms. The van der Waals surface area contributed by atoms with Gasteiger partial charge in [-0.1, -0.05) is 84.3 Å². The van der Waals surface area contributed by atoms with E-state index in [0.29, 0.717) is 0 Å². The van der Waals surface area contributed by atoms with E-state index in [2.05, 4.69) is 34.6 Å². The summed E-state index contributed by atoms with van der Waals surface area (Å²) in [5.41, 5.74) is 1.34. The van der Waals surface area contributed by atoms with E-state index >= 15 is 0 Å². The Kier molecular flexibility index (Phi) is 13.2. The van der Waals surface area contributed by atoms with E-state index in [1.54, 1.807) is 0 Å². The summed E-state index contributed by atoms with van der Waals surface area (Å²) in [5.74, 6) is 2.63.